The van der Waals surface area contributed by atoms with Crippen molar-refractivity contribution >= 4 is 15.9 Å². The molecule has 1 aliphatic heterocycles. The van der Waals surface area contributed by atoms with Gasteiger partial charge in [0.1, 0.15) is 0 Å². The number of nitrogens with zero attached hydrogens (tertiary/aromatic N) is 2. The standard InChI is InChI=1S/C20H30N2O3S/c1-21(18-11-5-4-6-12-18)20(23)17-10-9-13-19(16-17)26(24,25)22-14-7-2-3-8-15-22/h9-10,13,16,18H,2-8,11-12,14-15H2,1H3. The van der Waals surface area contributed by atoms with Crippen LogP contribution in [-0.2, 0) is 10.0 Å². The lowest BCUT2D eigenvalue weighted by molar-refractivity contribution is 0.0696. The van der Waals surface area contributed by atoms with Crippen molar-refractivity contribution in [1.82, 2.24) is 9.21 Å². The average molecular weight is 379 g/mol. The molecule has 26 heavy (non-hydrogen) atoms. The fourth-order valence-corrected chi connectivity index (χ4v) is 5.62. The topological polar surface area (TPSA) is 57.7 Å². The second-order valence-electron chi connectivity index (χ2n) is 7.55. The quantitative estimate of drug-likeness (QED) is 0.803. The van der Waals surface area contributed by atoms with Crippen molar-refractivity contribution < 1.29 is 13.2 Å². The van der Waals surface area contributed by atoms with Crippen LogP contribution in [0, 0.1) is 0 Å². The summed E-state index contributed by atoms with van der Waals surface area (Å²) >= 11 is 0. The van der Waals surface area contributed by atoms with E-state index >= 15 is 0 Å². The van der Waals surface area contributed by atoms with Gasteiger partial charge >= 0.3 is 0 Å². The summed E-state index contributed by atoms with van der Waals surface area (Å²) in [5.74, 6) is -0.0789. The predicted octanol–water partition coefficient (Wildman–Crippen LogP) is 3.66. The highest BCUT2D eigenvalue weighted by Gasteiger charge is 2.27. The van der Waals surface area contributed by atoms with Crippen molar-refractivity contribution in [2.45, 2.75) is 68.7 Å². The van der Waals surface area contributed by atoms with Crippen molar-refractivity contribution in [2.75, 3.05) is 20.1 Å². The van der Waals surface area contributed by atoms with Gasteiger partial charge < -0.3 is 4.90 Å². The van der Waals surface area contributed by atoms with E-state index in [2.05, 4.69) is 0 Å². The molecule has 1 aliphatic carbocycles. The molecule has 1 heterocycles. The second kappa shape index (κ2) is 8.53. The molecule has 0 bridgehead atoms. The Morgan fingerprint density at radius 3 is 2.27 bits per heavy atom. The molecule has 0 spiro atoms. The van der Waals surface area contributed by atoms with Crippen LogP contribution in [0.1, 0.15) is 68.1 Å². The Balaban J connectivity index is 1.79. The Kier molecular flexibility index (Phi) is 6.35. The Labute approximate surface area is 157 Å². The van der Waals surface area contributed by atoms with Crippen LogP contribution in [-0.4, -0.2) is 49.7 Å². The number of carbonyl (C=O) groups is 1. The number of amides is 1. The molecule has 2 aliphatic rings. The molecule has 0 aromatic heterocycles. The third-order valence-corrected chi connectivity index (χ3v) is 7.62. The summed E-state index contributed by atoms with van der Waals surface area (Å²) in [5, 5.41) is 0. The van der Waals surface area contributed by atoms with Crippen LogP contribution in [0.2, 0.25) is 0 Å². The number of hydrogen-bond acceptors (Lipinski definition) is 3. The van der Waals surface area contributed by atoms with Crippen LogP contribution in [0.4, 0.5) is 0 Å². The van der Waals surface area contributed by atoms with Gasteiger partial charge in [-0.05, 0) is 43.9 Å². The van der Waals surface area contributed by atoms with Crippen molar-refractivity contribution in [2.24, 2.45) is 0 Å². The summed E-state index contributed by atoms with van der Waals surface area (Å²) in [6.07, 6.45) is 9.60. The zero-order valence-electron chi connectivity index (χ0n) is 15.7. The molecule has 5 nitrogen and oxygen atoms in total. The first kappa shape index (κ1) is 19.4. The number of sulfonamides is 1. The minimum absolute atomic E-state index is 0.0789. The average Bonchev–Trinajstić information content (AvgIpc) is 2.98. The predicted molar refractivity (Wildman–Crippen MR) is 103 cm³/mol. The lowest BCUT2D eigenvalue weighted by Crippen LogP contribution is -2.38. The summed E-state index contributed by atoms with van der Waals surface area (Å²) in [6, 6.07) is 6.84. The summed E-state index contributed by atoms with van der Waals surface area (Å²) in [6.45, 7) is 1.14. The van der Waals surface area contributed by atoms with Gasteiger partial charge in [-0.25, -0.2) is 8.42 Å². The number of carbonyl (C=O) groups excluding carboxylic acids is 1. The molecule has 1 amide bonds. The van der Waals surface area contributed by atoms with Gasteiger partial charge in [0.15, 0.2) is 0 Å². The van der Waals surface area contributed by atoms with E-state index in [1.165, 1.54) is 6.42 Å². The molecule has 3 rings (SSSR count). The maximum atomic E-state index is 13.0. The highest BCUT2D eigenvalue weighted by Crippen LogP contribution is 2.25. The molecule has 6 heteroatoms. The molecule has 1 saturated carbocycles. The molecule has 1 saturated heterocycles. The third-order valence-electron chi connectivity index (χ3n) is 5.73. The second-order valence-corrected chi connectivity index (χ2v) is 9.49. The minimum Gasteiger partial charge on any atom is -0.339 e. The molecule has 0 atom stereocenters. The Morgan fingerprint density at radius 1 is 1.00 bits per heavy atom. The first-order chi connectivity index (χ1) is 12.5. The SMILES string of the molecule is CN(C(=O)c1cccc(S(=O)(=O)N2CCCCCC2)c1)C1CCCCC1. The first-order valence-corrected chi connectivity index (χ1v) is 11.3. The van der Waals surface area contributed by atoms with Crippen LogP contribution in [0.3, 0.4) is 0 Å². The molecule has 1 aromatic rings. The summed E-state index contributed by atoms with van der Waals surface area (Å²) in [7, 11) is -1.69. The number of benzene rings is 1. The van der Waals surface area contributed by atoms with Gasteiger partial charge in [-0.1, -0.05) is 38.2 Å². The highest BCUT2D eigenvalue weighted by molar-refractivity contribution is 7.89. The van der Waals surface area contributed by atoms with Crippen molar-refractivity contribution in [1.29, 1.82) is 0 Å². The van der Waals surface area contributed by atoms with E-state index in [1.54, 1.807) is 33.5 Å². The van der Waals surface area contributed by atoms with Gasteiger partial charge in [0.2, 0.25) is 10.0 Å². The third kappa shape index (κ3) is 4.29. The molecular weight excluding hydrogens is 348 g/mol. The van der Waals surface area contributed by atoms with E-state index in [1.807, 2.05) is 7.05 Å². The van der Waals surface area contributed by atoms with E-state index in [4.69, 9.17) is 0 Å². The van der Waals surface area contributed by atoms with Crippen LogP contribution in [0.5, 0.6) is 0 Å². The molecule has 1 aromatic carbocycles. The lowest BCUT2D eigenvalue weighted by atomic mass is 9.94. The van der Waals surface area contributed by atoms with Gasteiger partial charge in [0.25, 0.3) is 5.91 Å². The summed E-state index contributed by atoms with van der Waals surface area (Å²) < 4.78 is 27.6. The fraction of sp³-hybridized carbons (Fsp3) is 0.650. The van der Waals surface area contributed by atoms with E-state index in [-0.39, 0.29) is 16.8 Å². The largest absolute Gasteiger partial charge is 0.339 e. The zero-order valence-corrected chi connectivity index (χ0v) is 16.5. The normalized spacial score (nSPS) is 20.5. The van der Waals surface area contributed by atoms with Crippen molar-refractivity contribution in [3.8, 4) is 0 Å². The van der Waals surface area contributed by atoms with Crippen molar-refractivity contribution in [3.63, 3.8) is 0 Å². The van der Waals surface area contributed by atoms with Crippen LogP contribution in [0.15, 0.2) is 29.2 Å². The maximum absolute atomic E-state index is 13.0. The summed E-state index contributed by atoms with van der Waals surface area (Å²) in [4.78, 5) is 14.9. The molecule has 0 unspecified atom stereocenters. The molecule has 144 valence electrons. The van der Waals surface area contributed by atoms with E-state index in [0.29, 0.717) is 18.7 Å². The molecule has 0 N–H and O–H groups in total. The lowest BCUT2D eigenvalue weighted by Gasteiger charge is -2.31. The Bertz CT molecular complexity index is 718. The molecule has 2 fully saturated rings. The van der Waals surface area contributed by atoms with Crippen molar-refractivity contribution in [3.05, 3.63) is 29.8 Å². The highest BCUT2D eigenvalue weighted by atomic mass is 32.2. The van der Waals surface area contributed by atoms with Crippen LogP contribution >= 0.6 is 0 Å². The Morgan fingerprint density at radius 2 is 1.62 bits per heavy atom. The van der Waals surface area contributed by atoms with Gasteiger partial charge in [0, 0.05) is 31.7 Å². The number of hydrogen-bond donors (Lipinski definition) is 0. The first-order valence-electron chi connectivity index (χ1n) is 9.87. The van der Waals surface area contributed by atoms with Crippen LogP contribution in [0.25, 0.3) is 0 Å². The van der Waals surface area contributed by atoms with Gasteiger partial charge in [0.05, 0.1) is 4.90 Å². The fourth-order valence-electron chi connectivity index (χ4n) is 4.06. The zero-order chi connectivity index (χ0) is 18.6. The minimum atomic E-state index is -3.53. The smallest absolute Gasteiger partial charge is 0.253 e. The Hall–Kier alpha value is -1.40. The number of rotatable bonds is 4. The maximum Gasteiger partial charge on any atom is 0.253 e. The van der Waals surface area contributed by atoms with Crippen LogP contribution < -0.4 is 0 Å². The van der Waals surface area contributed by atoms with Gasteiger partial charge in [-0.3, -0.25) is 4.79 Å². The van der Waals surface area contributed by atoms with E-state index in [9.17, 15) is 13.2 Å². The monoisotopic (exact) mass is 378 g/mol. The molecular formula is C20H30N2O3S. The van der Waals surface area contributed by atoms with E-state index in [0.717, 1.165) is 51.4 Å². The van der Waals surface area contributed by atoms with E-state index < -0.39 is 10.0 Å². The molecule has 0 radical (unpaired) electrons. The van der Waals surface area contributed by atoms with Gasteiger partial charge in [-0.15, -0.1) is 0 Å². The summed E-state index contributed by atoms with van der Waals surface area (Å²) in [5.41, 5.74) is 0.467. The van der Waals surface area contributed by atoms with Gasteiger partial charge in [-0.2, -0.15) is 4.31 Å².